The standard InChI is InChI=1S/C16H20N2O2/c1-3-7-20-16-11-18-15(9-13(16)10-17)12-5-4-6-14(8-12)19-2/h4-6,8-9,11H,3,7,10,17H2,1-2H3. The molecule has 0 aliphatic carbocycles. The van der Waals surface area contributed by atoms with Gasteiger partial charge in [-0.3, -0.25) is 4.98 Å². The fourth-order valence-electron chi connectivity index (χ4n) is 1.93. The molecule has 0 unspecified atom stereocenters. The molecule has 0 atom stereocenters. The first-order valence-electron chi connectivity index (χ1n) is 6.74. The van der Waals surface area contributed by atoms with E-state index in [1.54, 1.807) is 13.3 Å². The van der Waals surface area contributed by atoms with E-state index in [2.05, 4.69) is 11.9 Å². The number of rotatable bonds is 6. The molecule has 4 heteroatoms. The minimum absolute atomic E-state index is 0.429. The van der Waals surface area contributed by atoms with Crippen molar-refractivity contribution in [2.24, 2.45) is 5.73 Å². The van der Waals surface area contributed by atoms with Crippen molar-refractivity contribution in [1.82, 2.24) is 4.98 Å². The van der Waals surface area contributed by atoms with Gasteiger partial charge in [-0.2, -0.15) is 0 Å². The van der Waals surface area contributed by atoms with E-state index in [9.17, 15) is 0 Å². The van der Waals surface area contributed by atoms with E-state index in [1.165, 1.54) is 0 Å². The van der Waals surface area contributed by atoms with Crippen molar-refractivity contribution < 1.29 is 9.47 Å². The highest BCUT2D eigenvalue weighted by molar-refractivity contribution is 5.62. The van der Waals surface area contributed by atoms with Crippen LogP contribution in [0.3, 0.4) is 0 Å². The topological polar surface area (TPSA) is 57.4 Å². The van der Waals surface area contributed by atoms with Gasteiger partial charge in [0.2, 0.25) is 0 Å². The van der Waals surface area contributed by atoms with E-state index in [-0.39, 0.29) is 0 Å². The SMILES string of the molecule is CCCOc1cnc(-c2cccc(OC)c2)cc1CN. The molecule has 1 heterocycles. The molecule has 2 aromatic rings. The lowest BCUT2D eigenvalue weighted by Gasteiger charge is -2.11. The Bertz CT molecular complexity index is 570. The van der Waals surface area contributed by atoms with Gasteiger partial charge in [-0.1, -0.05) is 19.1 Å². The van der Waals surface area contributed by atoms with Gasteiger partial charge in [-0.15, -0.1) is 0 Å². The summed E-state index contributed by atoms with van der Waals surface area (Å²) >= 11 is 0. The number of benzene rings is 1. The number of methoxy groups -OCH3 is 1. The zero-order chi connectivity index (χ0) is 14.4. The Morgan fingerprint density at radius 2 is 2.10 bits per heavy atom. The predicted molar refractivity (Wildman–Crippen MR) is 79.9 cm³/mol. The third-order valence-electron chi connectivity index (χ3n) is 3.00. The van der Waals surface area contributed by atoms with Crippen molar-refractivity contribution in [3.05, 3.63) is 42.1 Å². The number of hydrogen-bond acceptors (Lipinski definition) is 4. The molecule has 0 bridgehead atoms. The molecule has 0 saturated heterocycles. The summed E-state index contributed by atoms with van der Waals surface area (Å²) < 4.78 is 10.9. The van der Waals surface area contributed by atoms with Gasteiger partial charge in [0.15, 0.2) is 0 Å². The van der Waals surface area contributed by atoms with Crippen LogP contribution < -0.4 is 15.2 Å². The van der Waals surface area contributed by atoms with Crippen LogP contribution in [0.1, 0.15) is 18.9 Å². The summed E-state index contributed by atoms with van der Waals surface area (Å²) in [7, 11) is 1.65. The van der Waals surface area contributed by atoms with E-state index in [0.29, 0.717) is 13.2 Å². The van der Waals surface area contributed by atoms with E-state index >= 15 is 0 Å². The van der Waals surface area contributed by atoms with Crippen LogP contribution in [0.25, 0.3) is 11.3 Å². The molecule has 0 fully saturated rings. The molecule has 2 rings (SSSR count). The molecule has 2 N–H and O–H groups in total. The van der Waals surface area contributed by atoms with Gasteiger partial charge >= 0.3 is 0 Å². The molecule has 0 aliphatic heterocycles. The molecule has 1 aromatic carbocycles. The van der Waals surface area contributed by atoms with Crippen LogP contribution in [0.15, 0.2) is 36.5 Å². The minimum Gasteiger partial charge on any atom is -0.497 e. The van der Waals surface area contributed by atoms with Crippen LogP contribution in [0.5, 0.6) is 11.5 Å². The fourth-order valence-corrected chi connectivity index (χ4v) is 1.93. The van der Waals surface area contributed by atoms with E-state index in [1.807, 2.05) is 30.3 Å². The van der Waals surface area contributed by atoms with Gasteiger partial charge in [0, 0.05) is 17.7 Å². The summed E-state index contributed by atoms with van der Waals surface area (Å²) in [5, 5.41) is 0. The average molecular weight is 272 g/mol. The summed E-state index contributed by atoms with van der Waals surface area (Å²) in [6.07, 6.45) is 2.70. The number of ether oxygens (including phenoxy) is 2. The van der Waals surface area contributed by atoms with Crippen molar-refractivity contribution in [3.63, 3.8) is 0 Å². The smallest absolute Gasteiger partial charge is 0.142 e. The predicted octanol–water partition coefficient (Wildman–Crippen LogP) is 3.00. The Morgan fingerprint density at radius 1 is 1.25 bits per heavy atom. The van der Waals surface area contributed by atoms with Crippen molar-refractivity contribution in [1.29, 1.82) is 0 Å². The number of hydrogen-bond donors (Lipinski definition) is 1. The molecule has 20 heavy (non-hydrogen) atoms. The second-order valence-electron chi connectivity index (χ2n) is 4.46. The first-order valence-corrected chi connectivity index (χ1v) is 6.74. The van der Waals surface area contributed by atoms with Crippen molar-refractivity contribution in [2.75, 3.05) is 13.7 Å². The Labute approximate surface area is 119 Å². The van der Waals surface area contributed by atoms with Crippen LogP contribution >= 0.6 is 0 Å². The Hall–Kier alpha value is -2.07. The fraction of sp³-hybridized carbons (Fsp3) is 0.312. The summed E-state index contributed by atoms with van der Waals surface area (Å²) in [6, 6.07) is 9.78. The number of nitrogens with zero attached hydrogens (tertiary/aromatic N) is 1. The van der Waals surface area contributed by atoms with Crippen LogP contribution in [-0.4, -0.2) is 18.7 Å². The molecule has 0 radical (unpaired) electrons. The second-order valence-corrected chi connectivity index (χ2v) is 4.46. The summed E-state index contributed by atoms with van der Waals surface area (Å²) in [5.74, 6) is 1.57. The van der Waals surface area contributed by atoms with E-state index in [0.717, 1.165) is 34.7 Å². The lowest BCUT2D eigenvalue weighted by Crippen LogP contribution is -2.04. The number of nitrogens with two attached hydrogens (primary N) is 1. The monoisotopic (exact) mass is 272 g/mol. The molecule has 0 saturated carbocycles. The maximum absolute atomic E-state index is 5.79. The third-order valence-corrected chi connectivity index (χ3v) is 3.00. The molecular formula is C16H20N2O2. The van der Waals surface area contributed by atoms with Crippen molar-refractivity contribution >= 4 is 0 Å². The van der Waals surface area contributed by atoms with Crippen LogP contribution in [-0.2, 0) is 6.54 Å². The lowest BCUT2D eigenvalue weighted by atomic mass is 10.1. The zero-order valence-corrected chi connectivity index (χ0v) is 11.9. The van der Waals surface area contributed by atoms with Crippen LogP contribution in [0.4, 0.5) is 0 Å². The van der Waals surface area contributed by atoms with E-state index < -0.39 is 0 Å². The van der Waals surface area contributed by atoms with Gasteiger partial charge in [0.1, 0.15) is 11.5 Å². The highest BCUT2D eigenvalue weighted by atomic mass is 16.5. The highest BCUT2D eigenvalue weighted by Crippen LogP contribution is 2.26. The summed E-state index contributed by atoms with van der Waals surface area (Å²) in [4.78, 5) is 4.45. The Kier molecular flexibility index (Phi) is 4.96. The van der Waals surface area contributed by atoms with Crippen LogP contribution in [0.2, 0.25) is 0 Å². The Balaban J connectivity index is 2.32. The van der Waals surface area contributed by atoms with Crippen molar-refractivity contribution in [2.45, 2.75) is 19.9 Å². The second kappa shape index (κ2) is 6.91. The van der Waals surface area contributed by atoms with Gasteiger partial charge in [-0.25, -0.2) is 0 Å². The normalized spacial score (nSPS) is 10.3. The molecule has 1 aromatic heterocycles. The Morgan fingerprint density at radius 3 is 2.80 bits per heavy atom. The molecular weight excluding hydrogens is 252 g/mol. The molecule has 0 amide bonds. The summed E-state index contributed by atoms with van der Waals surface area (Å²) in [5.41, 5.74) is 8.63. The maximum Gasteiger partial charge on any atom is 0.142 e. The molecule has 0 aliphatic rings. The van der Waals surface area contributed by atoms with Gasteiger partial charge in [-0.05, 0) is 24.6 Å². The number of aromatic nitrogens is 1. The van der Waals surface area contributed by atoms with Crippen molar-refractivity contribution in [3.8, 4) is 22.8 Å². The zero-order valence-electron chi connectivity index (χ0n) is 11.9. The number of pyridine rings is 1. The van der Waals surface area contributed by atoms with Crippen LogP contribution in [0, 0.1) is 0 Å². The minimum atomic E-state index is 0.429. The van der Waals surface area contributed by atoms with Gasteiger partial charge in [0.05, 0.1) is 25.6 Å². The maximum atomic E-state index is 5.79. The molecule has 106 valence electrons. The quantitative estimate of drug-likeness (QED) is 0.878. The first kappa shape index (κ1) is 14.3. The van der Waals surface area contributed by atoms with Gasteiger partial charge in [0.25, 0.3) is 0 Å². The van der Waals surface area contributed by atoms with Gasteiger partial charge < -0.3 is 15.2 Å². The average Bonchev–Trinajstić information content (AvgIpc) is 2.52. The highest BCUT2D eigenvalue weighted by Gasteiger charge is 2.07. The molecule has 0 spiro atoms. The first-order chi connectivity index (χ1) is 9.78. The third kappa shape index (κ3) is 3.27. The largest absolute Gasteiger partial charge is 0.497 e. The molecule has 4 nitrogen and oxygen atoms in total. The van der Waals surface area contributed by atoms with E-state index in [4.69, 9.17) is 15.2 Å². The lowest BCUT2D eigenvalue weighted by molar-refractivity contribution is 0.313. The summed E-state index contributed by atoms with van der Waals surface area (Å²) in [6.45, 7) is 3.17.